The number of ether oxygens (including phenoxy) is 3. The molecule has 0 spiro atoms. The molecule has 0 unspecified atom stereocenters. The zero-order valence-corrected chi connectivity index (χ0v) is 18.7. The van der Waals surface area contributed by atoms with Crippen molar-refractivity contribution in [2.24, 2.45) is 0 Å². The van der Waals surface area contributed by atoms with Crippen molar-refractivity contribution in [3.8, 4) is 39.1 Å². The van der Waals surface area contributed by atoms with E-state index in [4.69, 9.17) is 19.2 Å². The minimum absolute atomic E-state index is 0.281. The van der Waals surface area contributed by atoms with Gasteiger partial charge in [-0.25, -0.2) is 4.98 Å². The van der Waals surface area contributed by atoms with Gasteiger partial charge in [-0.15, -0.1) is 11.3 Å². The summed E-state index contributed by atoms with van der Waals surface area (Å²) in [5.74, 6) is 1.00. The topological polar surface area (TPSA) is 69.7 Å². The Morgan fingerprint density at radius 2 is 1.50 bits per heavy atom. The fourth-order valence-corrected chi connectivity index (χ4v) is 4.09. The van der Waals surface area contributed by atoms with Gasteiger partial charge in [0, 0.05) is 27.8 Å². The average molecular weight is 447 g/mol. The van der Waals surface area contributed by atoms with Gasteiger partial charge in [0.1, 0.15) is 5.01 Å². The van der Waals surface area contributed by atoms with Crippen molar-refractivity contribution in [3.05, 3.63) is 77.7 Å². The van der Waals surface area contributed by atoms with Crippen LogP contribution in [0.5, 0.6) is 17.2 Å². The van der Waals surface area contributed by atoms with Crippen molar-refractivity contribution in [1.82, 2.24) is 4.98 Å². The molecule has 6 nitrogen and oxygen atoms in total. The molecule has 162 valence electrons. The first kappa shape index (κ1) is 21.4. The maximum Gasteiger partial charge on any atom is 0.255 e. The molecule has 0 fully saturated rings. The number of nitrogens with one attached hydrogen (secondary N) is 1. The van der Waals surface area contributed by atoms with E-state index >= 15 is 0 Å². The molecule has 0 aliphatic carbocycles. The zero-order chi connectivity index (χ0) is 22.5. The largest absolute Gasteiger partial charge is 0.493 e. The highest BCUT2D eigenvalue weighted by molar-refractivity contribution is 7.13. The Morgan fingerprint density at radius 3 is 2.09 bits per heavy atom. The van der Waals surface area contributed by atoms with Crippen LogP contribution in [0.1, 0.15) is 10.4 Å². The highest BCUT2D eigenvalue weighted by atomic mass is 32.1. The van der Waals surface area contributed by atoms with Crippen LogP contribution < -0.4 is 19.5 Å². The molecule has 4 aromatic rings. The standard InChI is InChI=1S/C25H22N2O4S/c1-29-21-13-18(14-22(30-2)23(21)31-3)24(28)26-19-11-9-16(10-12-19)20-15-32-25(27-20)17-7-5-4-6-8-17/h4-15H,1-3H3,(H,26,28). The molecule has 0 atom stereocenters. The van der Waals surface area contributed by atoms with Crippen LogP contribution in [0, 0.1) is 0 Å². The van der Waals surface area contributed by atoms with Gasteiger partial charge in [0.2, 0.25) is 5.75 Å². The van der Waals surface area contributed by atoms with Gasteiger partial charge in [0.05, 0.1) is 27.0 Å². The average Bonchev–Trinajstić information content (AvgIpc) is 3.34. The number of amides is 1. The molecule has 0 bridgehead atoms. The predicted molar refractivity (Wildman–Crippen MR) is 127 cm³/mol. The van der Waals surface area contributed by atoms with E-state index in [0.717, 1.165) is 21.8 Å². The molecule has 32 heavy (non-hydrogen) atoms. The van der Waals surface area contributed by atoms with Gasteiger partial charge in [-0.05, 0) is 24.3 Å². The summed E-state index contributed by atoms with van der Waals surface area (Å²) in [6.07, 6.45) is 0. The molecule has 0 aliphatic rings. The van der Waals surface area contributed by atoms with Gasteiger partial charge in [-0.3, -0.25) is 4.79 Å². The lowest BCUT2D eigenvalue weighted by atomic mass is 10.1. The number of methoxy groups -OCH3 is 3. The lowest BCUT2D eigenvalue weighted by Crippen LogP contribution is -2.12. The van der Waals surface area contributed by atoms with Crippen LogP contribution >= 0.6 is 11.3 Å². The van der Waals surface area contributed by atoms with Gasteiger partial charge in [-0.1, -0.05) is 42.5 Å². The third kappa shape index (κ3) is 4.43. The van der Waals surface area contributed by atoms with Crippen molar-refractivity contribution >= 4 is 22.9 Å². The van der Waals surface area contributed by atoms with Crippen LogP contribution in [0.3, 0.4) is 0 Å². The van der Waals surface area contributed by atoms with Crippen LogP contribution in [0.25, 0.3) is 21.8 Å². The molecule has 0 radical (unpaired) electrons. The van der Waals surface area contributed by atoms with Crippen LogP contribution in [0.15, 0.2) is 72.1 Å². The van der Waals surface area contributed by atoms with Gasteiger partial charge >= 0.3 is 0 Å². The van der Waals surface area contributed by atoms with Gasteiger partial charge in [0.25, 0.3) is 5.91 Å². The number of hydrogen-bond acceptors (Lipinski definition) is 6. The number of anilines is 1. The van der Waals surface area contributed by atoms with E-state index < -0.39 is 0 Å². The van der Waals surface area contributed by atoms with E-state index in [1.54, 1.807) is 23.5 Å². The van der Waals surface area contributed by atoms with Gasteiger partial charge < -0.3 is 19.5 Å². The van der Waals surface area contributed by atoms with Crippen molar-refractivity contribution in [3.63, 3.8) is 0 Å². The normalized spacial score (nSPS) is 10.5. The first-order valence-electron chi connectivity index (χ1n) is 9.85. The first-order chi connectivity index (χ1) is 15.6. The number of carbonyl (C=O) groups is 1. The van der Waals surface area contributed by atoms with E-state index in [1.807, 2.05) is 60.0 Å². The van der Waals surface area contributed by atoms with Crippen LogP contribution in [-0.4, -0.2) is 32.2 Å². The number of rotatable bonds is 7. The summed E-state index contributed by atoms with van der Waals surface area (Å²) in [6.45, 7) is 0. The van der Waals surface area contributed by atoms with E-state index in [1.165, 1.54) is 21.3 Å². The maximum absolute atomic E-state index is 12.8. The zero-order valence-electron chi connectivity index (χ0n) is 17.9. The Balaban J connectivity index is 1.51. The Bertz CT molecular complexity index is 1200. The second kappa shape index (κ2) is 9.53. The van der Waals surface area contributed by atoms with Crippen molar-refractivity contribution < 1.29 is 19.0 Å². The monoisotopic (exact) mass is 446 g/mol. The molecule has 1 heterocycles. The minimum Gasteiger partial charge on any atom is -0.493 e. The molecule has 1 amide bonds. The van der Waals surface area contributed by atoms with Crippen LogP contribution in [-0.2, 0) is 0 Å². The van der Waals surface area contributed by atoms with Crippen LogP contribution in [0.4, 0.5) is 5.69 Å². The van der Waals surface area contributed by atoms with Crippen molar-refractivity contribution in [2.75, 3.05) is 26.6 Å². The lowest BCUT2D eigenvalue weighted by molar-refractivity contribution is 0.102. The molecule has 0 saturated heterocycles. The van der Waals surface area contributed by atoms with E-state index in [9.17, 15) is 4.79 Å². The van der Waals surface area contributed by atoms with Crippen molar-refractivity contribution in [1.29, 1.82) is 0 Å². The SMILES string of the molecule is COc1cc(C(=O)Nc2ccc(-c3csc(-c4ccccc4)n3)cc2)cc(OC)c1OC. The number of aromatic nitrogens is 1. The molecule has 0 aliphatic heterocycles. The van der Waals surface area contributed by atoms with E-state index in [-0.39, 0.29) is 5.91 Å². The second-order valence-electron chi connectivity index (χ2n) is 6.85. The molecule has 7 heteroatoms. The predicted octanol–water partition coefficient (Wildman–Crippen LogP) is 5.76. The summed E-state index contributed by atoms with van der Waals surface area (Å²) in [5, 5.41) is 5.91. The number of nitrogens with zero attached hydrogens (tertiary/aromatic N) is 1. The molecular weight excluding hydrogens is 424 g/mol. The fraction of sp³-hybridized carbons (Fsp3) is 0.120. The number of benzene rings is 3. The summed E-state index contributed by atoms with van der Waals surface area (Å²) in [6, 6.07) is 20.9. The molecule has 3 aromatic carbocycles. The second-order valence-corrected chi connectivity index (χ2v) is 7.71. The molecule has 1 N–H and O–H groups in total. The summed E-state index contributed by atoms with van der Waals surface area (Å²) in [7, 11) is 4.55. The third-order valence-electron chi connectivity index (χ3n) is 4.89. The van der Waals surface area contributed by atoms with Gasteiger partial charge in [-0.2, -0.15) is 0 Å². The quantitative estimate of drug-likeness (QED) is 0.391. The Hall–Kier alpha value is -3.84. The highest BCUT2D eigenvalue weighted by Crippen LogP contribution is 2.38. The smallest absolute Gasteiger partial charge is 0.255 e. The maximum atomic E-state index is 12.8. The number of carbonyl (C=O) groups excluding carboxylic acids is 1. The van der Waals surface area contributed by atoms with E-state index in [2.05, 4.69) is 5.32 Å². The molecule has 0 saturated carbocycles. The van der Waals surface area contributed by atoms with Crippen molar-refractivity contribution in [2.45, 2.75) is 0 Å². The Morgan fingerprint density at radius 1 is 0.844 bits per heavy atom. The number of thiazole rings is 1. The Kier molecular flexibility index (Phi) is 6.37. The summed E-state index contributed by atoms with van der Waals surface area (Å²) < 4.78 is 16.0. The summed E-state index contributed by atoms with van der Waals surface area (Å²) in [5.41, 5.74) is 4.05. The molecule has 1 aromatic heterocycles. The first-order valence-corrected chi connectivity index (χ1v) is 10.7. The third-order valence-corrected chi connectivity index (χ3v) is 5.78. The minimum atomic E-state index is -0.281. The van der Waals surface area contributed by atoms with Gasteiger partial charge in [0.15, 0.2) is 11.5 Å². The summed E-state index contributed by atoms with van der Waals surface area (Å²) in [4.78, 5) is 17.5. The Labute approximate surface area is 190 Å². The van der Waals surface area contributed by atoms with Crippen LogP contribution in [0.2, 0.25) is 0 Å². The summed E-state index contributed by atoms with van der Waals surface area (Å²) >= 11 is 1.60. The fourth-order valence-electron chi connectivity index (χ4n) is 3.26. The lowest BCUT2D eigenvalue weighted by Gasteiger charge is -2.14. The molecule has 4 rings (SSSR count). The highest BCUT2D eigenvalue weighted by Gasteiger charge is 2.17. The number of hydrogen-bond donors (Lipinski definition) is 1. The molecular formula is C25H22N2O4S. The van der Waals surface area contributed by atoms with E-state index in [0.29, 0.717) is 28.5 Å².